The van der Waals surface area contributed by atoms with Gasteiger partial charge in [0.05, 0.1) is 10.6 Å². The maximum absolute atomic E-state index is 12.3. The van der Waals surface area contributed by atoms with Gasteiger partial charge in [-0.3, -0.25) is 0 Å². The van der Waals surface area contributed by atoms with E-state index in [0.29, 0.717) is 23.3 Å². The van der Waals surface area contributed by atoms with Gasteiger partial charge in [0.15, 0.2) is 0 Å². The summed E-state index contributed by atoms with van der Waals surface area (Å²) in [6.45, 7) is 3.75. The Morgan fingerprint density at radius 3 is 2.56 bits per heavy atom. The molecule has 0 amide bonds. The van der Waals surface area contributed by atoms with Crippen LogP contribution in [0, 0.1) is 13.8 Å². The summed E-state index contributed by atoms with van der Waals surface area (Å²) in [4.78, 5) is 8.70. The molecule has 0 aliphatic rings. The van der Waals surface area contributed by atoms with Crippen molar-refractivity contribution >= 4 is 33.4 Å². The second-order valence-electron chi connectivity index (χ2n) is 6.05. The van der Waals surface area contributed by atoms with Crippen LogP contribution in [0.15, 0.2) is 45.9 Å². The molecule has 2 N–H and O–H groups in total. The molecule has 0 bridgehead atoms. The Labute approximate surface area is 157 Å². The second-order valence-corrected chi connectivity index (χ2v) is 8.20. The van der Waals surface area contributed by atoms with Gasteiger partial charge in [-0.1, -0.05) is 11.2 Å². The van der Waals surface area contributed by atoms with Crippen molar-refractivity contribution in [2.45, 2.75) is 18.7 Å². The van der Waals surface area contributed by atoms with Gasteiger partial charge in [0, 0.05) is 31.5 Å². The molecule has 0 saturated carbocycles. The lowest BCUT2D eigenvalue weighted by Crippen LogP contribution is -2.22. The predicted octanol–water partition coefficient (Wildman–Crippen LogP) is 2.82. The summed E-state index contributed by atoms with van der Waals surface area (Å²) in [6.07, 6.45) is 1.58. The SMILES string of the molecule is Cc1noc(Nc2ccnc(Nc3cccc(S(=O)(=O)N(C)C)c3)n2)c1C. The van der Waals surface area contributed by atoms with Crippen LogP contribution in [0.4, 0.5) is 23.3 Å². The summed E-state index contributed by atoms with van der Waals surface area (Å²) < 4.78 is 30.9. The first kappa shape index (κ1) is 18.8. The van der Waals surface area contributed by atoms with Crippen molar-refractivity contribution in [3.63, 3.8) is 0 Å². The summed E-state index contributed by atoms with van der Waals surface area (Å²) >= 11 is 0. The van der Waals surface area contributed by atoms with Gasteiger partial charge in [0.2, 0.25) is 21.9 Å². The van der Waals surface area contributed by atoms with Gasteiger partial charge in [-0.2, -0.15) is 4.98 Å². The normalized spacial score (nSPS) is 11.6. The zero-order valence-electron chi connectivity index (χ0n) is 15.4. The van der Waals surface area contributed by atoms with E-state index >= 15 is 0 Å². The van der Waals surface area contributed by atoms with E-state index in [4.69, 9.17) is 4.52 Å². The zero-order chi connectivity index (χ0) is 19.6. The minimum atomic E-state index is -3.52. The fourth-order valence-corrected chi connectivity index (χ4v) is 3.16. The number of rotatable bonds is 6. The van der Waals surface area contributed by atoms with Crippen LogP contribution in [0.1, 0.15) is 11.3 Å². The number of sulfonamides is 1. The number of nitrogens with zero attached hydrogens (tertiary/aromatic N) is 4. The zero-order valence-corrected chi connectivity index (χ0v) is 16.2. The maximum atomic E-state index is 12.3. The van der Waals surface area contributed by atoms with Gasteiger partial charge < -0.3 is 15.2 Å². The molecule has 3 rings (SSSR count). The van der Waals surface area contributed by atoms with Gasteiger partial charge in [-0.15, -0.1) is 0 Å². The van der Waals surface area contributed by atoms with E-state index < -0.39 is 10.0 Å². The molecule has 0 spiro atoms. The number of hydrogen-bond donors (Lipinski definition) is 2. The van der Waals surface area contributed by atoms with E-state index in [9.17, 15) is 8.42 Å². The summed E-state index contributed by atoms with van der Waals surface area (Å²) in [7, 11) is -0.548. The third-order valence-electron chi connectivity index (χ3n) is 3.92. The molecule has 0 unspecified atom stereocenters. The van der Waals surface area contributed by atoms with Crippen LogP contribution in [-0.2, 0) is 10.0 Å². The number of aromatic nitrogens is 3. The number of anilines is 4. The van der Waals surface area contributed by atoms with E-state index in [-0.39, 0.29) is 4.90 Å². The molecule has 142 valence electrons. The topological polar surface area (TPSA) is 113 Å². The number of hydrogen-bond acceptors (Lipinski definition) is 8. The van der Waals surface area contributed by atoms with E-state index in [1.165, 1.54) is 26.2 Å². The summed E-state index contributed by atoms with van der Waals surface area (Å²) in [5, 5.41) is 9.95. The van der Waals surface area contributed by atoms with Crippen molar-refractivity contribution in [3.05, 3.63) is 47.8 Å². The van der Waals surface area contributed by atoms with E-state index in [1.54, 1.807) is 24.4 Å². The first-order chi connectivity index (χ1) is 12.8. The Morgan fingerprint density at radius 2 is 1.89 bits per heavy atom. The Balaban J connectivity index is 1.82. The molecule has 1 aromatic carbocycles. The smallest absolute Gasteiger partial charge is 0.242 e. The van der Waals surface area contributed by atoms with Gasteiger partial charge in [0.25, 0.3) is 0 Å². The molecule has 0 aliphatic carbocycles. The van der Waals surface area contributed by atoms with Crippen LogP contribution in [0.3, 0.4) is 0 Å². The average Bonchev–Trinajstić information content (AvgIpc) is 2.94. The number of aryl methyl sites for hydroxylation is 1. The van der Waals surface area contributed by atoms with Crippen molar-refractivity contribution in [1.82, 2.24) is 19.4 Å². The van der Waals surface area contributed by atoms with Gasteiger partial charge >= 0.3 is 0 Å². The Hall–Kier alpha value is -2.98. The quantitative estimate of drug-likeness (QED) is 0.663. The highest BCUT2D eigenvalue weighted by Gasteiger charge is 2.17. The Kier molecular flexibility index (Phi) is 5.10. The second kappa shape index (κ2) is 7.33. The highest BCUT2D eigenvalue weighted by atomic mass is 32.2. The van der Waals surface area contributed by atoms with Crippen molar-refractivity contribution in [1.29, 1.82) is 0 Å². The minimum Gasteiger partial charge on any atom is -0.338 e. The maximum Gasteiger partial charge on any atom is 0.242 e. The lowest BCUT2D eigenvalue weighted by molar-refractivity contribution is 0.429. The van der Waals surface area contributed by atoms with Crippen molar-refractivity contribution in [3.8, 4) is 0 Å². The van der Waals surface area contributed by atoms with Crippen molar-refractivity contribution in [2.75, 3.05) is 24.7 Å². The molecule has 2 heterocycles. The molecule has 0 fully saturated rings. The van der Waals surface area contributed by atoms with Crippen molar-refractivity contribution in [2.24, 2.45) is 0 Å². The first-order valence-electron chi connectivity index (χ1n) is 8.10. The molecule has 9 nitrogen and oxygen atoms in total. The summed E-state index contributed by atoms with van der Waals surface area (Å²) in [5.41, 5.74) is 2.25. The minimum absolute atomic E-state index is 0.180. The van der Waals surface area contributed by atoms with E-state index in [1.807, 2.05) is 13.8 Å². The van der Waals surface area contributed by atoms with Gasteiger partial charge in [0.1, 0.15) is 5.82 Å². The number of nitrogens with one attached hydrogen (secondary N) is 2. The highest BCUT2D eigenvalue weighted by Crippen LogP contribution is 2.23. The molecule has 0 radical (unpaired) electrons. The lowest BCUT2D eigenvalue weighted by atomic mass is 10.3. The Bertz CT molecular complexity index is 1060. The molecule has 0 aliphatic heterocycles. The van der Waals surface area contributed by atoms with Crippen LogP contribution >= 0.6 is 0 Å². The molecule has 2 aromatic heterocycles. The van der Waals surface area contributed by atoms with Gasteiger partial charge in [-0.05, 0) is 38.1 Å². The lowest BCUT2D eigenvalue weighted by Gasteiger charge is -2.13. The Morgan fingerprint density at radius 1 is 1.11 bits per heavy atom. The molecule has 3 aromatic rings. The molecular weight excluding hydrogens is 368 g/mol. The monoisotopic (exact) mass is 388 g/mol. The molecular formula is C17H20N6O3S. The standard InChI is InChI=1S/C17H20N6O3S/c1-11-12(2)22-26-16(11)20-15-8-9-18-17(21-15)19-13-6-5-7-14(10-13)27(24,25)23(3)4/h5-10H,1-4H3,(H2,18,19,20,21). The summed E-state index contributed by atoms with van der Waals surface area (Å²) in [5.74, 6) is 1.34. The third-order valence-corrected chi connectivity index (χ3v) is 5.73. The predicted molar refractivity (Wildman–Crippen MR) is 102 cm³/mol. The van der Waals surface area contributed by atoms with Crippen LogP contribution in [0.5, 0.6) is 0 Å². The van der Waals surface area contributed by atoms with E-state index in [2.05, 4.69) is 25.8 Å². The van der Waals surface area contributed by atoms with Crippen LogP contribution in [-0.4, -0.2) is 41.9 Å². The highest BCUT2D eigenvalue weighted by molar-refractivity contribution is 7.89. The van der Waals surface area contributed by atoms with Crippen molar-refractivity contribution < 1.29 is 12.9 Å². The largest absolute Gasteiger partial charge is 0.338 e. The molecule has 10 heteroatoms. The number of benzene rings is 1. The summed E-state index contributed by atoms with van der Waals surface area (Å²) in [6, 6.07) is 8.15. The van der Waals surface area contributed by atoms with E-state index in [0.717, 1.165) is 15.6 Å². The third kappa shape index (κ3) is 4.07. The molecule has 0 saturated heterocycles. The van der Waals surface area contributed by atoms with Gasteiger partial charge in [-0.25, -0.2) is 17.7 Å². The van der Waals surface area contributed by atoms with Crippen LogP contribution in [0.2, 0.25) is 0 Å². The van der Waals surface area contributed by atoms with Crippen LogP contribution < -0.4 is 10.6 Å². The van der Waals surface area contributed by atoms with Crippen LogP contribution in [0.25, 0.3) is 0 Å². The molecule has 0 atom stereocenters. The fourth-order valence-electron chi connectivity index (χ4n) is 2.21. The molecule has 27 heavy (non-hydrogen) atoms. The average molecular weight is 388 g/mol. The first-order valence-corrected chi connectivity index (χ1v) is 9.54. The fraction of sp³-hybridized carbons (Fsp3) is 0.235.